The number of hydrogen-bond acceptors (Lipinski definition) is 3. The molecule has 0 bridgehead atoms. The molecule has 0 saturated carbocycles. The van der Waals surface area contributed by atoms with Crippen LogP contribution in [0.25, 0.3) is 0 Å². The van der Waals surface area contributed by atoms with Gasteiger partial charge in [-0.15, -0.1) is 0 Å². The van der Waals surface area contributed by atoms with E-state index in [1.165, 1.54) is 6.20 Å². The second kappa shape index (κ2) is 5.51. The minimum absolute atomic E-state index is 0.121. The molecule has 0 aliphatic carbocycles. The molecule has 1 aromatic carbocycles. The first kappa shape index (κ1) is 12.4. The fourth-order valence-corrected chi connectivity index (χ4v) is 1.73. The summed E-state index contributed by atoms with van der Waals surface area (Å²) in [5.41, 5.74) is 6.94. The van der Waals surface area contributed by atoms with Gasteiger partial charge in [-0.1, -0.05) is 23.7 Å². The van der Waals surface area contributed by atoms with Crippen LogP contribution in [0.1, 0.15) is 5.56 Å². The normalized spacial score (nSPS) is 10.1. The Bertz CT molecular complexity index is 554. The third kappa shape index (κ3) is 3.46. The molecule has 4 nitrogen and oxygen atoms in total. The molecule has 18 heavy (non-hydrogen) atoms. The minimum Gasteiger partial charge on any atom is -0.384 e. The van der Waals surface area contributed by atoms with Gasteiger partial charge in [-0.3, -0.25) is 4.79 Å². The lowest BCUT2D eigenvalue weighted by Gasteiger charge is -2.05. The summed E-state index contributed by atoms with van der Waals surface area (Å²) < 4.78 is 0. The van der Waals surface area contributed by atoms with Gasteiger partial charge in [0.25, 0.3) is 0 Å². The molecule has 0 atom stereocenters. The van der Waals surface area contributed by atoms with E-state index in [9.17, 15) is 4.79 Å². The van der Waals surface area contributed by atoms with E-state index in [1.54, 1.807) is 24.3 Å². The molecule has 0 unspecified atom stereocenters. The van der Waals surface area contributed by atoms with Crippen molar-refractivity contribution in [2.75, 3.05) is 11.1 Å². The maximum absolute atomic E-state index is 11.8. The third-order valence-electron chi connectivity index (χ3n) is 2.32. The van der Waals surface area contributed by atoms with Gasteiger partial charge in [-0.2, -0.15) is 0 Å². The average Bonchev–Trinajstić information content (AvgIpc) is 2.32. The van der Waals surface area contributed by atoms with Crippen LogP contribution < -0.4 is 11.1 Å². The van der Waals surface area contributed by atoms with Crippen LogP contribution in [-0.4, -0.2) is 10.9 Å². The van der Waals surface area contributed by atoms with Crippen molar-refractivity contribution in [1.29, 1.82) is 0 Å². The lowest BCUT2D eigenvalue weighted by atomic mass is 10.1. The number of anilines is 2. The van der Waals surface area contributed by atoms with E-state index in [2.05, 4.69) is 10.3 Å². The molecule has 1 amide bonds. The summed E-state index contributed by atoms with van der Waals surface area (Å²) in [6, 6.07) is 10.5. The number of nitrogens with two attached hydrogens (primary N) is 1. The largest absolute Gasteiger partial charge is 0.384 e. The number of aromatic nitrogens is 1. The second-order valence-corrected chi connectivity index (χ2v) is 4.26. The monoisotopic (exact) mass is 261 g/mol. The molecule has 1 heterocycles. The topological polar surface area (TPSA) is 68.0 Å². The number of benzene rings is 1. The van der Waals surface area contributed by atoms with Gasteiger partial charge in [0.15, 0.2) is 0 Å². The molecule has 5 heteroatoms. The van der Waals surface area contributed by atoms with Gasteiger partial charge in [0.05, 0.1) is 18.3 Å². The van der Waals surface area contributed by atoms with E-state index in [0.717, 1.165) is 5.56 Å². The zero-order valence-corrected chi connectivity index (χ0v) is 10.3. The molecule has 0 fully saturated rings. The van der Waals surface area contributed by atoms with Crippen LogP contribution in [0.5, 0.6) is 0 Å². The van der Waals surface area contributed by atoms with Gasteiger partial charge in [-0.05, 0) is 29.8 Å². The quantitative estimate of drug-likeness (QED) is 0.892. The zero-order valence-electron chi connectivity index (χ0n) is 9.56. The van der Waals surface area contributed by atoms with E-state index < -0.39 is 0 Å². The van der Waals surface area contributed by atoms with Crippen LogP contribution in [0.4, 0.5) is 11.5 Å². The number of halogens is 1. The lowest BCUT2D eigenvalue weighted by Crippen LogP contribution is -2.14. The molecule has 2 rings (SSSR count). The molecule has 92 valence electrons. The maximum atomic E-state index is 11.8. The highest BCUT2D eigenvalue weighted by atomic mass is 35.5. The van der Waals surface area contributed by atoms with E-state index in [1.807, 2.05) is 12.1 Å². The maximum Gasteiger partial charge on any atom is 0.228 e. The summed E-state index contributed by atoms with van der Waals surface area (Å²) in [4.78, 5) is 15.7. The van der Waals surface area contributed by atoms with Crippen LogP contribution in [0.2, 0.25) is 5.02 Å². The van der Waals surface area contributed by atoms with Crippen molar-refractivity contribution < 1.29 is 4.79 Å². The van der Waals surface area contributed by atoms with Crippen LogP contribution in [-0.2, 0) is 11.2 Å². The van der Waals surface area contributed by atoms with E-state index in [4.69, 9.17) is 17.3 Å². The molecule has 1 aromatic heterocycles. The molecule has 0 aliphatic heterocycles. The summed E-state index contributed by atoms with van der Waals surface area (Å²) in [6.07, 6.45) is 1.79. The molecule has 2 aromatic rings. The number of carbonyl (C=O) groups excluding carboxylic acids is 1. The molecule has 0 radical (unpaired) electrons. The highest BCUT2D eigenvalue weighted by Gasteiger charge is 2.04. The number of amides is 1. The Hall–Kier alpha value is -2.07. The number of pyridine rings is 1. The van der Waals surface area contributed by atoms with Crippen LogP contribution in [0, 0.1) is 0 Å². The van der Waals surface area contributed by atoms with Gasteiger partial charge >= 0.3 is 0 Å². The first-order valence-electron chi connectivity index (χ1n) is 5.39. The van der Waals surface area contributed by atoms with Gasteiger partial charge in [-0.25, -0.2) is 4.98 Å². The van der Waals surface area contributed by atoms with Gasteiger partial charge < -0.3 is 11.1 Å². The Kier molecular flexibility index (Phi) is 3.79. The molecule has 0 aliphatic rings. The summed E-state index contributed by atoms with van der Waals surface area (Å²) in [5, 5.41) is 3.36. The summed E-state index contributed by atoms with van der Waals surface area (Å²) >= 11 is 5.85. The van der Waals surface area contributed by atoms with E-state index in [-0.39, 0.29) is 12.3 Å². The molecule has 0 spiro atoms. The Labute approximate surface area is 110 Å². The second-order valence-electron chi connectivity index (χ2n) is 3.83. The standard InChI is InChI=1S/C13H12ClN3O/c14-10-3-1-2-9(6-10)7-13(18)17-11-4-5-12(15)16-8-11/h1-6,8H,7H2,(H2,15,16)(H,17,18). The van der Waals surface area contributed by atoms with Crippen LogP contribution in [0.3, 0.4) is 0 Å². The number of rotatable bonds is 3. The van der Waals surface area contributed by atoms with E-state index in [0.29, 0.717) is 16.5 Å². The Morgan fingerprint density at radius 2 is 2.17 bits per heavy atom. The molecule has 3 N–H and O–H groups in total. The van der Waals surface area contributed by atoms with Crippen molar-refractivity contribution in [2.24, 2.45) is 0 Å². The lowest BCUT2D eigenvalue weighted by molar-refractivity contribution is -0.115. The third-order valence-corrected chi connectivity index (χ3v) is 2.56. The smallest absolute Gasteiger partial charge is 0.228 e. The predicted molar refractivity (Wildman–Crippen MR) is 72.4 cm³/mol. The van der Waals surface area contributed by atoms with Crippen LogP contribution >= 0.6 is 11.6 Å². The van der Waals surface area contributed by atoms with Crippen molar-refractivity contribution >= 4 is 29.0 Å². The average molecular weight is 262 g/mol. The van der Waals surface area contributed by atoms with Crippen molar-refractivity contribution in [3.05, 3.63) is 53.2 Å². The Balaban J connectivity index is 1.98. The van der Waals surface area contributed by atoms with Crippen molar-refractivity contribution in [3.63, 3.8) is 0 Å². The Morgan fingerprint density at radius 1 is 1.33 bits per heavy atom. The van der Waals surface area contributed by atoms with Gasteiger partial charge in [0.1, 0.15) is 5.82 Å². The molecular formula is C13H12ClN3O. The highest BCUT2D eigenvalue weighted by molar-refractivity contribution is 6.30. The van der Waals surface area contributed by atoms with Crippen LogP contribution in [0.15, 0.2) is 42.6 Å². The van der Waals surface area contributed by atoms with Gasteiger partial charge in [0.2, 0.25) is 5.91 Å². The van der Waals surface area contributed by atoms with Gasteiger partial charge in [0, 0.05) is 5.02 Å². The Morgan fingerprint density at radius 3 is 2.83 bits per heavy atom. The SMILES string of the molecule is Nc1ccc(NC(=O)Cc2cccc(Cl)c2)cn1. The van der Waals surface area contributed by atoms with Crippen molar-refractivity contribution in [2.45, 2.75) is 6.42 Å². The van der Waals surface area contributed by atoms with E-state index >= 15 is 0 Å². The molecule has 0 saturated heterocycles. The number of carbonyl (C=O) groups is 1. The number of hydrogen-bond donors (Lipinski definition) is 2. The number of nitrogens with one attached hydrogen (secondary N) is 1. The minimum atomic E-state index is -0.121. The van der Waals surface area contributed by atoms with Crippen molar-refractivity contribution in [1.82, 2.24) is 4.98 Å². The zero-order chi connectivity index (χ0) is 13.0. The summed E-state index contributed by atoms with van der Waals surface area (Å²) in [7, 11) is 0. The first-order valence-corrected chi connectivity index (χ1v) is 5.77. The summed E-state index contributed by atoms with van der Waals surface area (Å²) in [5.74, 6) is 0.298. The summed E-state index contributed by atoms with van der Waals surface area (Å²) in [6.45, 7) is 0. The molecular weight excluding hydrogens is 250 g/mol. The predicted octanol–water partition coefficient (Wildman–Crippen LogP) is 2.50. The van der Waals surface area contributed by atoms with Crippen molar-refractivity contribution in [3.8, 4) is 0 Å². The number of nitrogen functional groups attached to an aromatic ring is 1. The fourth-order valence-electron chi connectivity index (χ4n) is 1.52. The fraction of sp³-hybridized carbons (Fsp3) is 0.0769. The number of nitrogens with zero attached hydrogens (tertiary/aromatic N) is 1. The highest BCUT2D eigenvalue weighted by Crippen LogP contribution is 2.12. The first-order chi connectivity index (χ1) is 8.63.